The zero-order valence-corrected chi connectivity index (χ0v) is 13.0. The van der Waals surface area contributed by atoms with Gasteiger partial charge in [-0.05, 0) is 48.6 Å². The van der Waals surface area contributed by atoms with Crippen molar-refractivity contribution in [1.82, 2.24) is 14.6 Å². The van der Waals surface area contributed by atoms with Crippen molar-refractivity contribution in [1.29, 1.82) is 0 Å². The van der Waals surface area contributed by atoms with Crippen molar-refractivity contribution < 1.29 is 9.53 Å². The maximum Gasteiger partial charge on any atom is 0.339 e. The van der Waals surface area contributed by atoms with E-state index in [-0.39, 0.29) is 12.1 Å². The van der Waals surface area contributed by atoms with Crippen molar-refractivity contribution in [3.8, 4) is 0 Å². The van der Waals surface area contributed by atoms with Crippen molar-refractivity contribution in [2.75, 3.05) is 0 Å². The molecule has 1 aliphatic carbocycles. The Bertz CT molecular complexity index is 871. The summed E-state index contributed by atoms with van der Waals surface area (Å²) in [7, 11) is 0. The molecule has 1 saturated carbocycles. The van der Waals surface area contributed by atoms with Crippen molar-refractivity contribution >= 4 is 23.2 Å². The second kappa shape index (κ2) is 5.66. The first-order valence-electron chi connectivity index (χ1n) is 7.45. The number of fused-ring (bicyclic) bond motifs is 1. The third kappa shape index (κ3) is 2.80. The number of aromatic nitrogens is 3. The van der Waals surface area contributed by atoms with Gasteiger partial charge < -0.3 is 4.74 Å². The molecule has 116 valence electrons. The van der Waals surface area contributed by atoms with Crippen molar-refractivity contribution in [3.63, 3.8) is 0 Å². The number of benzene rings is 1. The van der Waals surface area contributed by atoms with Crippen LogP contribution in [0.1, 0.15) is 34.7 Å². The van der Waals surface area contributed by atoms with Crippen LogP contribution in [0.15, 0.2) is 48.9 Å². The number of pyridine rings is 1. The van der Waals surface area contributed by atoms with Crippen molar-refractivity contribution in [2.45, 2.75) is 24.9 Å². The van der Waals surface area contributed by atoms with E-state index in [4.69, 9.17) is 16.3 Å². The Balaban J connectivity index is 1.39. The molecule has 0 spiro atoms. The van der Waals surface area contributed by atoms with Crippen LogP contribution in [-0.4, -0.2) is 26.7 Å². The fourth-order valence-corrected chi connectivity index (χ4v) is 3.06. The third-order valence-electron chi connectivity index (χ3n) is 4.22. The number of esters is 1. The lowest BCUT2D eigenvalue weighted by Gasteiger charge is -2.35. The van der Waals surface area contributed by atoms with E-state index in [0.717, 1.165) is 17.9 Å². The summed E-state index contributed by atoms with van der Waals surface area (Å²) in [5.41, 5.74) is 2.41. The standard InChI is InChI=1S/C17H14ClN3O2/c18-14-3-1-2-11(6-14)13-7-15(8-13)23-17(22)12-4-5-16-20-19-10-21(16)9-12/h1-6,9-10,13,15H,7-8H2. The predicted molar refractivity (Wildman–Crippen MR) is 85.6 cm³/mol. The first kappa shape index (κ1) is 14.2. The molecule has 23 heavy (non-hydrogen) atoms. The summed E-state index contributed by atoms with van der Waals surface area (Å²) in [5.74, 6) is 0.0990. The maximum atomic E-state index is 12.2. The molecule has 6 heteroatoms. The molecule has 0 amide bonds. The molecule has 0 radical (unpaired) electrons. The average molecular weight is 328 g/mol. The van der Waals surface area contributed by atoms with Crippen LogP contribution in [0.25, 0.3) is 5.65 Å². The lowest BCUT2D eigenvalue weighted by molar-refractivity contribution is 0.00205. The van der Waals surface area contributed by atoms with Crippen LogP contribution in [0.4, 0.5) is 0 Å². The molecule has 2 aromatic heterocycles. The van der Waals surface area contributed by atoms with Crippen LogP contribution in [0.3, 0.4) is 0 Å². The number of carbonyl (C=O) groups excluding carboxylic acids is 1. The number of hydrogen-bond acceptors (Lipinski definition) is 4. The zero-order valence-electron chi connectivity index (χ0n) is 12.2. The van der Waals surface area contributed by atoms with E-state index in [1.165, 1.54) is 5.56 Å². The Morgan fingerprint density at radius 1 is 1.26 bits per heavy atom. The van der Waals surface area contributed by atoms with Gasteiger partial charge in [0.05, 0.1) is 5.56 Å². The van der Waals surface area contributed by atoms with Crippen LogP contribution in [0, 0.1) is 0 Å². The molecule has 1 aromatic carbocycles. The van der Waals surface area contributed by atoms with Gasteiger partial charge >= 0.3 is 5.97 Å². The molecule has 0 saturated heterocycles. The topological polar surface area (TPSA) is 56.5 Å². The third-order valence-corrected chi connectivity index (χ3v) is 4.45. The number of ether oxygens (including phenoxy) is 1. The summed E-state index contributed by atoms with van der Waals surface area (Å²) < 4.78 is 7.25. The minimum absolute atomic E-state index is 0.0388. The van der Waals surface area contributed by atoms with Gasteiger partial charge in [0.1, 0.15) is 12.4 Å². The van der Waals surface area contributed by atoms with E-state index in [1.54, 1.807) is 29.1 Å². The maximum absolute atomic E-state index is 12.2. The molecule has 1 aliphatic rings. The highest BCUT2D eigenvalue weighted by atomic mass is 35.5. The fourth-order valence-electron chi connectivity index (χ4n) is 2.86. The lowest BCUT2D eigenvalue weighted by Crippen LogP contribution is -2.32. The Hall–Kier alpha value is -2.40. The first-order chi connectivity index (χ1) is 11.2. The Morgan fingerprint density at radius 3 is 2.96 bits per heavy atom. The van der Waals surface area contributed by atoms with E-state index in [1.807, 2.05) is 18.2 Å². The van der Waals surface area contributed by atoms with Crippen molar-refractivity contribution in [3.05, 3.63) is 65.1 Å². The van der Waals surface area contributed by atoms with Gasteiger partial charge in [-0.2, -0.15) is 0 Å². The van der Waals surface area contributed by atoms with Crippen LogP contribution >= 0.6 is 11.6 Å². The summed E-state index contributed by atoms with van der Waals surface area (Å²) in [6, 6.07) is 11.3. The highest BCUT2D eigenvalue weighted by Gasteiger charge is 2.33. The van der Waals surface area contributed by atoms with Gasteiger partial charge in [0.25, 0.3) is 0 Å². The Kier molecular flexibility index (Phi) is 3.50. The molecule has 0 aliphatic heterocycles. The quantitative estimate of drug-likeness (QED) is 0.691. The smallest absolute Gasteiger partial charge is 0.339 e. The van der Waals surface area contributed by atoms with Gasteiger partial charge in [0.15, 0.2) is 5.65 Å². The van der Waals surface area contributed by atoms with E-state index < -0.39 is 0 Å². The second-order valence-electron chi connectivity index (χ2n) is 5.76. The molecule has 5 nitrogen and oxygen atoms in total. The largest absolute Gasteiger partial charge is 0.459 e. The molecule has 2 heterocycles. The molecule has 1 fully saturated rings. The fraction of sp³-hybridized carbons (Fsp3) is 0.235. The lowest BCUT2D eigenvalue weighted by atomic mass is 9.77. The SMILES string of the molecule is O=C(OC1CC(c2cccc(Cl)c2)C1)c1ccc2nncn2c1. The highest BCUT2D eigenvalue weighted by Crippen LogP contribution is 2.39. The van der Waals surface area contributed by atoms with Crippen LogP contribution in [0.2, 0.25) is 5.02 Å². The molecule has 0 atom stereocenters. The predicted octanol–water partition coefficient (Wildman–Crippen LogP) is 3.49. The average Bonchev–Trinajstić information content (AvgIpc) is 2.97. The molecular formula is C17H14ClN3O2. The van der Waals surface area contributed by atoms with Crippen LogP contribution in [0.5, 0.6) is 0 Å². The normalized spacial score (nSPS) is 20.2. The van der Waals surface area contributed by atoms with E-state index in [0.29, 0.717) is 17.1 Å². The molecular weight excluding hydrogens is 314 g/mol. The Labute approximate surface area is 137 Å². The van der Waals surface area contributed by atoms with E-state index >= 15 is 0 Å². The summed E-state index contributed by atoms with van der Waals surface area (Å²) in [6.07, 6.45) is 4.88. The number of rotatable bonds is 3. The summed E-state index contributed by atoms with van der Waals surface area (Å²) in [4.78, 5) is 12.2. The van der Waals surface area contributed by atoms with Gasteiger partial charge in [-0.1, -0.05) is 23.7 Å². The minimum atomic E-state index is -0.310. The van der Waals surface area contributed by atoms with Gasteiger partial charge in [0.2, 0.25) is 0 Å². The summed E-state index contributed by atoms with van der Waals surface area (Å²) in [5, 5.41) is 8.44. The molecule has 4 rings (SSSR count). The first-order valence-corrected chi connectivity index (χ1v) is 7.83. The zero-order chi connectivity index (χ0) is 15.8. The number of nitrogens with zero attached hydrogens (tertiary/aromatic N) is 3. The minimum Gasteiger partial charge on any atom is -0.459 e. The molecule has 3 aromatic rings. The van der Waals surface area contributed by atoms with Crippen LogP contribution in [-0.2, 0) is 4.74 Å². The summed E-state index contributed by atoms with van der Waals surface area (Å²) >= 11 is 6.01. The summed E-state index contributed by atoms with van der Waals surface area (Å²) in [6.45, 7) is 0. The van der Waals surface area contributed by atoms with Crippen molar-refractivity contribution in [2.24, 2.45) is 0 Å². The van der Waals surface area contributed by atoms with E-state index in [9.17, 15) is 4.79 Å². The molecule has 0 unspecified atom stereocenters. The molecule has 0 bridgehead atoms. The van der Waals surface area contributed by atoms with Gasteiger partial charge in [-0.15, -0.1) is 10.2 Å². The van der Waals surface area contributed by atoms with Crippen LogP contribution < -0.4 is 0 Å². The van der Waals surface area contributed by atoms with Gasteiger partial charge in [0, 0.05) is 11.2 Å². The van der Waals surface area contributed by atoms with E-state index in [2.05, 4.69) is 16.3 Å². The Morgan fingerprint density at radius 2 is 2.13 bits per heavy atom. The number of hydrogen-bond donors (Lipinski definition) is 0. The van der Waals surface area contributed by atoms with Gasteiger partial charge in [-0.3, -0.25) is 4.40 Å². The van der Waals surface area contributed by atoms with Gasteiger partial charge in [-0.25, -0.2) is 4.79 Å². The highest BCUT2D eigenvalue weighted by molar-refractivity contribution is 6.30. The monoisotopic (exact) mass is 327 g/mol. The number of carbonyl (C=O) groups is 1. The number of halogens is 1. The second-order valence-corrected chi connectivity index (χ2v) is 6.20. The molecule has 0 N–H and O–H groups in total.